The third kappa shape index (κ3) is 5.28. The van der Waals surface area contributed by atoms with Gasteiger partial charge in [0.2, 0.25) is 0 Å². The second-order valence-electron chi connectivity index (χ2n) is 5.92. The minimum absolute atomic E-state index is 0.308. The summed E-state index contributed by atoms with van der Waals surface area (Å²) in [5.74, 6) is 0.880. The average molecular weight is 365 g/mol. The molecule has 0 spiro atoms. The summed E-state index contributed by atoms with van der Waals surface area (Å²) < 4.78 is 18.1. The van der Waals surface area contributed by atoms with E-state index < -0.39 is 0 Å². The van der Waals surface area contributed by atoms with Crippen molar-refractivity contribution in [2.24, 2.45) is 0 Å². The maximum Gasteiger partial charge on any atom is 0.255 e. The first kappa shape index (κ1) is 18.4. The largest absolute Gasteiger partial charge is 0.497 e. The van der Waals surface area contributed by atoms with Crippen LogP contribution in [0.3, 0.4) is 0 Å². The van der Waals surface area contributed by atoms with Crippen LogP contribution >= 0.6 is 0 Å². The smallest absolute Gasteiger partial charge is 0.255 e. The van der Waals surface area contributed by atoms with Gasteiger partial charge in [-0.15, -0.1) is 0 Å². The topological polar surface area (TPSA) is 63.2 Å². The van der Waals surface area contributed by atoms with Crippen LogP contribution < -0.4 is 15.4 Å². The highest BCUT2D eigenvalue weighted by atomic mass is 19.1. The number of carbonyl (C=O) groups excluding carboxylic acids is 1. The number of halogens is 1. The Kier molecular flexibility index (Phi) is 5.99. The second-order valence-corrected chi connectivity index (χ2v) is 5.92. The molecule has 0 aliphatic rings. The lowest BCUT2D eigenvalue weighted by Gasteiger charge is -2.08. The zero-order valence-corrected chi connectivity index (χ0v) is 14.9. The average Bonchev–Trinajstić information content (AvgIpc) is 2.70. The van der Waals surface area contributed by atoms with Crippen molar-refractivity contribution in [1.82, 2.24) is 4.98 Å². The third-order valence-corrected chi connectivity index (χ3v) is 4.01. The number of ether oxygens (including phenoxy) is 1. The molecule has 1 aromatic heterocycles. The van der Waals surface area contributed by atoms with Gasteiger partial charge in [-0.3, -0.25) is 4.79 Å². The van der Waals surface area contributed by atoms with Gasteiger partial charge in [0.05, 0.1) is 19.0 Å². The maximum atomic E-state index is 12.9. The van der Waals surface area contributed by atoms with Crippen molar-refractivity contribution in [3.05, 3.63) is 83.8 Å². The first-order valence-electron chi connectivity index (χ1n) is 8.54. The van der Waals surface area contributed by atoms with Crippen LogP contribution in [-0.4, -0.2) is 24.5 Å². The highest BCUT2D eigenvalue weighted by molar-refractivity contribution is 6.04. The lowest BCUT2D eigenvalue weighted by atomic mass is 10.1. The summed E-state index contributed by atoms with van der Waals surface area (Å²) in [6.07, 6.45) is 2.44. The van der Waals surface area contributed by atoms with E-state index >= 15 is 0 Å². The Bertz CT molecular complexity index is 879. The Morgan fingerprint density at radius 3 is 2.41 bits per heavy atom. The lowest BCUT2D eigenvalue weighted by molar-refractivity contribution is 0.102. The molecule has 2 aromatic carbocycles. The van der Waals surface area contributed by atoms with Crippen LogP contribution in [-0.2, 0) is 6.42 Å². The van der Waals surface area contributed by atoms with Gasteiger partial charge in [-0.25, -0.2) is 9.37 Å². The number of rotatable bonds is 7. The van der Waals surface area contributed by atoms with Crippen molar-refractivity contribution in [2.75, 3.05) is 24.3 Å². The number of aromatic nitrogens is 1. The summed E-state index contributed by atoms with van der Waals surface area (Å²) in [5, 5.41) is 5.98. The zero-order chi connectivity index (χ0) is 19.1. The van der Waals surface area contributed by atoms with Crippen LogP contribution in [0.25, 0.3) is 0 Å². The summed E-state index contributed by atoms with van der Waals surface area (Å²) in [5.41, 5.74) is 2.16. The van der Waals surface area contributed by atoms with E-state index in [2.05, 4.69) is 15.6 Å². The SMILES string of the molecule is COc1ccc(CCNc2ccc(NC(=O)c3ccc(F)cc3)cn2)cc1. The molecule has 0 aliphatic heterocycles. The normalized spacial score (nSPS) is 10.3. The molecular weight excluding hydrogens is 345 g/mol. The van der Waals surface area contributed by atoms with Crippen molar-refractivity contribution in [2.45, 2.75) is 6.42 Å². The monoisotopic (exact) mass is 365 g/mol. The fraction of sp³-hybridized carbons (Fsp3) is 0.143. The molecule has 0 saturated carbocycles. The molecule has 0 bridgehead atoms. The Labute approximate surface area is 157 Å². The highest BCUT2D eigenvalue weighted by Gasteiger charge is 2.06. The molecule has 5 nitrogen and oxygen atoms in total. The van der Waals surface area contributed by atoms with Crippen LogP contribution in [0.15, 0.2) is 66.9 Å². The number of carbonyl (C=O) groups is 1. The van der Waals surface area contributed by atoms with E-state index in [4.69, 9.17) is 4.74 Å². The maximum absolute atomic E-state index is 12.9. The van der Waals surface area contributed by atoms with E-state index in [1.165, 1.54) is 29.8 Å². The molecule has 1 heterocycles. The van der Waals surface area contributed by atoms with Gasteiger partial charge in [0.15, 0.2) is 0 Å². The van der Waals surface area contributed by atoms with E-state index in [9.17, 15) is 9.18 Å². The molecule has 2 N–H and O–H groups in total. The third-order valence-electron chi connectivity index (χ3n) is 4.01. The molecule has 27 heavy (non-hydrogen) atoms. The minimum Gasteiger partial charge on any atom is -0.497 e. The number of benzene rings is 2. The molecule has 1 amide bonds. The molecule has 0 saturated heterocycles. The molecule has 0 atom stereocenters. The van der Waals surface area contributed by atoms with Gasteiger partial charge in [0.25, 0.3) is 5.91 Å². The van der Waals surface area contributed by atoms with Crippen molar-refractivity contribution >= 4 is 17.4 Å². The van der Waals surface area contributed by atoms with Crippen LogP contribution in [0, 0.1) is 5.82 Å². The number of nitrogens with zero attached hydrogens (tertiary/aromatic N) is 1. The Morgan fingerprint density at radius 2 is 1.78 bits per heavy atom. The van der Waals surface area contributed by atoms with Gasteiger partial charge in [-0.2, -0.15) is 0 Å². The Hall–Kier alpha value is -3.41. The van der Waals surface area contributed by atoms with E-state index in [0.29, 0.717) is 11.3 Å². The van der Waals surface area contributed by atoms with Gasteiger partial charge in [0, 0.05) is 12.1 Å². The number of pyridine rings is 1. The molecule has 3 aromatic rings. The summed E-state index contributed by atoms with van der Waals surface area (Å²) >= 11 is 0. The van der Waals surface area contributed by atoms with Crippen molar-refractivity contribution in [3.8, 4) is 5.75 Å². The zero-order valence-electron chi connectivity index (χ0n) is 14.9. The van der Waals surface area contributed by atoms with Crippen molar-refractivity contribution in [1.29, 1.82) is 0 Å². The van der Waals surface area contributed by atoms with E-state index in [1.807, 2.05) is 24.3 Å². The number of amides is 1. The number of hydrogen-bond donors (Lipinski definition) is 2. The Balaban J connectivity index is 1.49. The van der Waals surface area contributed by atoms with E-state index in [0.717, 1.165) is 24.5 Å². The van der Waals surface area contributed by atoms with E-state index in [-0.39, 0.29) is 11.7 Å². The van der Waals surface area contributed by atoms with E-state index in [1.54, 1.807) is 25.4 Å². The molecule has 0 fully saturated rings. The molecule has 138 valence electrons. The Morgan fingerprint density at radius 1 is 1.04 bits per heavy atom. The number of hydrogen-bond acceptors (Lipinski definition) is 4. The van der Waals surface area contributed by atoms with Crippen LogP contribution in [0.1, 0.15) is 15.9 Å². The number of nitrogens with one attached hydrogen (secondary N) is 2. The van der Waals surface area contributed by atoms with Crippen LogP contribution in [0.5, 0.6) is 5.75 Å². The van der Waals surface area contributed by atoms with Gasteiger partial charge in [-0.05, 0) is 60.5 Å². The molecule has 0 unspecified atom stereocenters. The molecule has 6 heteroatoms. The van der Waals surface area contributed by atoms with Crippen LogP contribution in [0.2, 0.25) is 0 Å². The first-order valence-corrected chi connectivity index (χ1v) is 8.54. The first-order chi connectivity index (χ1) is 13.1. The van der Waals surface area contributed by atoms with Gasteiger partial charge < -0.3 is 15.4 Å². The summed E-state index contributed by atoms with van der Waals surface area (Å²) in [6.45, 7) is 0.737. The van der Waals surface area contributed by atoms with Crippen LogP contribution in [0.4, 0.5) is 15.9 Å². The van der Waals surface area contributed by atoms with Crippen molar-refractivity contribution < 1.29 is 13.9 Å². The van der Waals surface area contributed by atoms with Gasteiger partial charge in [-0.1, -0.05) is 12.1 Å². The molecule has 3 rings (SSSR count). The van der Waals surface area contributed by atoms with Gasteiger partial charge in [0.1, 0.15) is 17.4 Å². The van der Waals surface area contributed by atoms with Gasteiger partial charge >= 0.3 is 0 Å². The summed E-state index contributed by atoms with van der Waals surface area (Å²) in [7, 11) is 1.65. The minimum atomic E-state index is -0.377. The predicted octanol–water partition coefficient (Wildman–Crippen LogP) is 4.14. The highest BCUT2D eigenvalue weighted by Crippen LogP contribution is 2.14. The molecule has 0 aliphatic carbocycles. The molecule has 0 radical (unpaired) electrons. The number of methoxy groups -OCH3 is 1. The quantitative estimate of drug-likeness (QED) is 0.661. The summed E-state index contributed by atoms with van der Waals surface area (Å²) in [6, 6.07) is 16.9. The fourth-order valence-electron chi connectivity index (χ4n) is 2.50. The second kappa shape index (κ2) is 8.80. The molecular formula is C21H20FN3O2. The summed E-state index contributed by atoms with van der Waals surface area (Å²) in [4.78, 5) is 16.4. The fourth-order valence-corrected chi connectivity index (χ4v) is 2.50. The predicted molar refractivity (Wildman–Crippen MR) is 104 cm³/mol. The van der Waals surface area contributed by atoms with Crippen molar-refractivity contribution in [3.63, 3.8) is 0 Å². The number of anilines is 2. The lowest BCUT2D eigenvalue weighted by Crippen LogP contribution is -2.12. The standard InChI is InChI=1S/C21H20FN3O2/c1-27-19-9-2-15(3-10-19)12-13-23-20-11-8-18(14-24-20)25-21(26)16-4-6-17(22)7-5-16/h2-11,14H,12-13H2,1H3,(H,23,24)(H,25,26).